The van der Waals surface area contributed by atoms with Crippen LogP contribution in [0.15, 0.2) is 47.2 Å². The number of hydrogen-bond donors (Lipinski definition) is 3. The monoisotopic (exact) mass is 499 g/mol. The normalized spacial score (nSPS) is 15.7. The van der Waals surface area contributed by atoms with E-state index in [1.165, 1.54) is 43.7 Å². The van der Waals surface area contributed by atoms with Gasteiger partial charge in [0.25, 0.3) is 5.91 Å². The number of nitrogens with zero attached hydrogens (tertiary/aromatic N) is 2. The maximum absolute atomic E-state index is 12.6. The highest BCUT2D eigenvalue weighted by Crippen LogP contribution is 2.42. The van der Waals surface area contributed by atoms with Crippen LogP contribution in [0.1, 0.15) is 60.4 Å². The van der Waals surface area contributed by atoms with Crippen molar-refractivity contribution in [1.29, 1.82) is 0 Å². The number of aromatic hydroxyl groups is 1. The van der Waals surface area contributed by atoms with Crippen LogP contribution < -0.4 is 5.32 Å². The number of carbonyl (C=O) groups excluding carboxylic acids is 1. The Kier molecular flexibility index (Phi) is 7.48. The van der Waals surface area contributed by atoms with E-state index >= 15 is 0 Å². The van der Waals surface area contributed by atoms with E-state index in [2.05, 4.69) is 32.4 Å². The van der Waals surface area contributed by atoms with E-state index in [4.69, 9.17) is 0 Å². The zero-order valence-electron chi connectivity index (χ0n) is 18.1. The number of rotatable bonds is 8. The van der Waals surface area contributed by atoms with E-state index in [1.54, 1.807) is 24.4 Å². The minimum Gasteiger partial charge on any atom is -0.507 e. The maximum atomic E-state index is 12.6. The molecule has 0 saturated heterocycles. The lowest BCUT2D eigenvalue weighted by Gasteiger charge is -2.30. The molecular formula is C25H30BrN3O3. The minimum absolute atomic E-state index is 0.00379. The number of phenolic OH excluding ortho intramolecular Hbond substituents is 1. The van der Waals surface area contributed by atoms with Crippen LogP contribution in [0.3, 0.4) is 0 Å². The van der Waals surface area contributed by atoms with Crippen molar-refractivity contribution < 1.29 is 15.0 Å². The van der Waals surface area contributed by atoms with Crippen molar-refractivity contribution in [3.63, 3.8) is 0 Å². The molecular weight excluding hydrogens is 470 g/mol. The van der Waals surface area contributed by atoms with E-state index < -0.39 is 0 Å². The Bertz CT molecular complexity index is 1080. The molecule has 0 aliphatic heterocycles. The van der Waals surface area contributed by atoms with Gasteiger partial charge in [-0.3, -0.25) is 4.79 Å². The second-order valence-electron chi connectivity index (χ2n) is 8.56. The SMILES string of the molecule is O=C(NCCC(c1cn(CCO)c2nccc(Br)c12)C1CCCCC1)c1ccccc1O. The number of aromatic nitrogens is 2. The number of aliphatic hydroxyl groups is 1. The fourth-order valence-electron chi connectivity index (χ4n) is 5.05. The van der Waals surface area contributed by atoms with Crippen LogP contribution in [0, 0.1) is 5.92 Å². The number of aliphatic hydroxyl groups excluding tert-OH is 1. The van der Waals surface area contributed by atoms with Crippen LogP contribution in [0.25, 0.3) is 11.0 Å². The molecule has 1 atom stereocenters. The molecule has 2 heterocycles. The molecule has 1 aromatic carbocycles. The lowest BCUT2D eigenvalue weighted by atomic mass is 9.75. The van der Waals surface area contributed by atoms with Crippen molar-refractivity contribution in [2.75, 3.05) is 13.2 Å². The molecule has 3 aromatic rings. The second-order valence-corrected chi connectivity index (χ2v) is 9.41. The van der Waals surface area contributed by atoms with Crippen molar-refractivity contribution in [1.82, 2.24) is 14.9 Å². The molecule has 3 N–H and O–H groups in total. The highest BCUT2D eigenvalue weighted by molar-refractivity contribution is 9.10. The number of pyridine rings is 1. The predicted octanol–water partition coefficient (Wildman–Crippen LogP) is 4.98. The van der Waals surface area contributed by atoms with Gasteiger partial charge in [-0.2, -0.15) is 0 Å². The van der Waals surface area contributed by atoms with Gasteiger partial charge in [0, 0.05) is 35.3 Å². The Morgan fingerprint density at radius 1 is 1.22 bits per heavy atom. The summed E-state index contributed by atoms with van der Waals surface area (Å²) in [5.41, 5.74) is 2.41. The maximum Gasteiger partial charge on any atom is 0.255 e. The Morgan fingerprint density at radius 3 is 2.75 bits per heavy atom. The van der Waals surface area contributed by atoms with Gasteiger partial charge in [-0.1, -0.05) is 31.4 Å². The van der Waals surface area contributed by atoms with Crippen molar-refractivity contribution >= 4 is 32.9 Å². The molecule has 1 aliphatic rings. The molecule has 2 aromatic heterocycles. The summed E-state index contributed by atoms with van der Waals surface area (Å²) < 4.78 is 3.04. The predicted molar refractivity (Wildman–Crippen MR) is 129 cm³/mol. The second kappa shape index (κ2) is 10.5. The van der Waals surface area contributed by atoms with E-state index in [-0.39, 0.29) is 24.2 Å². The van der Waals surface area contributed by atoms with Gasteiger partial charge in [0.15, 0.2) is 0 Å². The molecule has 1 unspecified atom stereocenters. The van der Waals surface area contributed by atoms with Gasteiger partial charge in [-0.05, 0) is 70.8 Å². The average Bonchev–Trinajstić information content (AvgIpc) is 3.17. The summed E-state index contributed by atoms with van der Waals surface area (Å²) in [4.78, 5) is 17.2. The molecule has 1 aliphatic carbocycles. The lowest BCUT2D eigenvalue weighted by Crippen LogP contribution is -2.27. The third-order valence-corrected chi connectivity index (χ3v) is 7.25. The van der Waals surface area contributed by atoms with Gasteiger partial charge in [0.1, 0.15) is 11.4 Å². The lowest BCUT2D eigenvalue weighted by molar-refractivity contribution is 0.0948. The number of hydrogen-bond acceptors (Lipinski definition) is 4. The Hall–Kier alpha value is -2.38. The van der Waals surface area contributed by atoms with Gasteiger partial charge in [0.05, 0.1) is 12.2 Å². The van der Waals surface area contributed by atoms with Crippen molar-refractivity contribution in [3.05, 3.63) is 58.3 Å². The molecule has 1 saturated carbocycles. The number of benzene rings is 1. The molecule has 6 nitrogen and oxygen atoms in total. The topological polar surface area (TPSA) is 87.4 Å². The largest absolute Gasteiger partial charge is 0.507 e. The van der Waals surface area contributed by atoms with Crippen LogP contribution in [-0.2, 0) is 6.54 Å². The number of carbonyl (C=O) groups is 1. The quantitative estimate of drug-likeness (QED) is 0.407. The summed E-state index contributed by atoms with van der Waals surface area (Å²) in [6, 6.07) is 8.58. The molecule has 7 heteroatoms. The van der Waals surface area contributed by atoms with Crippen molar-refractivity contribution in [3.8, 4) is 5.75 Å². The highest BCUT2D eigenvalue weighted by Gasteiger charge is 2.29. The summed E-state index contributed by atoms with van der Waals surface area (Å²) in [6.45, 7) is 1.09. The van der Waals surface area contributed by atoms with E-state index in [0.717, 1.165) is 21.9 Å². The number of phenols is 1. The first-order valence-corrected chi connectivity index (χ1v) is 12.2. The van der Waals surface area contributed by atoms with Crippen LogP contribution >= 0.6 is 15.9 Å². The third kappa shape index (κ3) is 4.84. The van der Waals surface area contributed by atoms with Gasteiger partial charge < -0.3 is 20.1 Å². The molecule has 0 bridgehead atoms. The van der Waals surface area contributed by atoms with Gasteiger partial charge >= 0.3 is 0 Å². The molecule has 0 spiro atoms. The van der Waals surface area contributed by atoms with Crippen LogP contribution in [0.5, 0.6) is 5.75 Å². The summed E-state index contributed by atoms with van der Waals surface area (Å²) in [7, 11) is 0. The number of para-hydroxylation sites is 1. The molecule has 1 fully saturated rings. The smallest absolute Gasteiger partial charge is 0.255 e. The fourth-order valence-corrected chi connectivity index (χ4v) is 5.57. The summed E-state index contributed by atoms with van der Waals surface area (Å²) in [6.07, 6.45) is 10.9. The van der Waals surface area contributed by atoms with Crippen LogP contribution in [0.2, 0.25) is 0 Å². The summed E-state index contributed by atoms with van der Waals surface area (Å²) in [5.74, 6) is 0.570. The fraction of sp³-hybridized carbons (Fsp3) is 0.440. The molecule has 4 rings (SSSR count). The average molecular weight is 500 g/mol. The number of halogens is 1. The first kappa shape index (κ1) is 22.8. The van der Waals surface area contributed by atoms with Crippen molar-refractivity contribution in [2.45, 2.75) is 51.0 Å². The Labute approximate surface area is 196 Å². The molecule has 32 heavy (non-hydrogen) atoms. The zero-order valence-corrected chi connectivity index (χ0v) is 19.7. The van der Waals surface area contributed by atoms with E-state index in [9.17, 15) is 15.0 Å². The van der Waals surface area contributed by atoms with Gasteiger partial charge in [-0.15, -0.1) is 0 Å². The van der Waals surface area contributed by atoms with Gasteiger partial charge in [-0.25, -0.2) is 4.98 Å². The number of amides is 1. The van der Waals surface area contributed by atoms with Crippen LogP contribution in [0.4, 0.5) is 0 Å². The number of fused-ring (bicyclic) bond motifs is 1. The first-order chi connectivity index (χ1) is 15.6. The molecule has 170 valence electrons. The highest BCUT2D eigenvalue weighted by atomic mass is 79.9. The molecule has 1 amide bonds. The van der Waals surface area contributed by atoms with Crippen molar-refractivity contribution in [2.24, 2.45) is 5.92 Å². The van der Waals surface area contributed by atoms with Crippen LogP contribution in [-0.4, -0.2) is 38.8 Å². The minimum atomic E-state index is -0.254. The Balaban J connectivity index is 1.60. The molecule has 0 radical (unpaired) electrons. The standard InChI is InChI=1S/C25H30BrN3O3/c26-21-11-13-27-24-23(21)20(16-29(24)14-15-30)18(17-6-2-1-3-7-17)10-12-28-25(32)19-8-4-5-9-22(19)31/h4-5,8-9,11,13,16-18,30-31H,1-3,6-7,10,12,14-15H2,(H,28,32). The Morgan fingerprint density at radius 2 is 2.00 bits per heavy atom. The number of nitrogens with one attached hydrogen (secondary N) is 1. The van der Waals surface area contributed by atoms with E-state index in [1.807, 2.05) is 10.6 Å². The summed E-state index contributed by atoms with van der Waals surface area (Å²) >= 11 is 3.72. The van der Waals surface area contributed by atoms with E-state index in [0.29, 0.717) is 24.6 Å². The first-order valence-electron chi connectivity index (χ1n) is 11.4. The van der Waals surface area contributed by atoms with Gasteiger partial charge in [0.2, 0.25) is 0 Å². The third-order valence-electron chi connectivity index (χ3n) is 6.58. The zero-order chi connectivity index (χ0) is 22.5. The summed E-state index contributed by atoms with van der Waals surface area (Å²) in [5, 5.41) is 23.6.